The molecule has 0 radical (unpaired) electrons. The molecule has 2 atom stereocenters. The fraction of sp³-hybridized carbons (Fsp3) is 0.600. The molecule has 0 aliphatic rings. The molecule has 0 heterocycles. The van der Waals surface area contributed by atoms with Crippen molar-refractivity contribution in [1.29, 1.82) is 0 Å². The first-order chi connectivity index (χ1) is 16.0. The summed E-state index contributed by atoms with van der Waals surface area (Å²) in [7, 11) is 0. The molecule has 0 aromatic heterocycles. The SMILES string of the molecule is CCCCCNC(=O)C(c1ccccc1)N(CCC)C(=O)C(CC(N)=O)NC(=O)OC(C)(C)C. The third kappa shape index (κ3) is 10.2. The Morgan fingerprint density at radius 3 is 2.21 bits per heavy atom. The van der Waals surface area contributed by atoms with Crippen LogP contribution in [-0.2, 0) is 19.1 Å². The number of carbonyl (C=O) groups is 4. The van der Waals surface area contributed by atoms with Crippen LogP contribution in [0.2, 0.25) is 0 Å². The predicted octanol–water partition coefficient (Wildman–Crippen LogP) is 3.04. The van der Waals surface area contributed by atoms with Crippen molar-refractivity contribution in [3.63, 3.8) is 0 Å². The highest BCUT2D eigenvalue weighted by Gasteiger charge is 2.36. The molecule has 34 heavy (non-hydrogen) atoms. The van der Waals surface area contributed by atoms with Crippen molar-refractivity contribution in [3.05, 3.63) is 35.9 Å². The quantitative estimate of drug-likeness (QED) is 0.377. The van der Waals surface area contributed by atoms with Crippen LogP contribution < -0.4 is 16.4 Å². The molecule has 1 aromatic rings. The first kappa shape index (κ1) is 28.9. The smallest absolute Gasteiger partial charge is 0.408 e. The van der Waals surface area contributed by atoms with Gasteiger partial charge in [0, 0.05) is 13.1 Å². The molecule has 1 rings (SSSR count). The maximum Gasteiger partial charge on any atom is 0.408 e. The van der Waals surface area contributed by atoms with Crippen LogP contribution in [0.3, 0.4) is 0 Å². The van der Waals surface area contributed by atoms with E-state index < -0.39 is 42.0 Å². The topological polar surface area (TPSA) is 131 Å². The Morgan fingerprint density at radius 2 is 1.68 bits per heavy atom. The number of amides is 4. The van der Waals surface area contributed by atoms with E-state index >= 15 is 0 Å². The number of nitrogens with zero attached hydrogens (tertiary/aromatic N) is 1. The monoisotopic (exact) mass is 476 g/mol. The van der Waals surface area contributed by atoms with Crippen LogP contribution in [0, 0.1) is 0 Å². The third-order valence-electron chi connectivity index (χ3n) is 4.90. The Hall–Kier alpha value is -3.10. The summed E-state index contributed by atoms with van der Waals surface area (Å²) in [5.74, 6) is -1.66. The van der Waals surface area contributed by atoms with Crippen LogP contribution >= 0.6 is 0 Å². The van der Waals surface area contributed by atoms with Crippen LogP contribution in [0.15, 0.2) is 30.3 Å². The molecule has 0 aliphatic heterocycles. The van der Waals surface area contributed by atoms with Crippen molar-refractivity contribution >= 4 is 23.8 Å². The van der Waals surface area contributed by atoms with Gasteiger partial charge in [0.15, 0.2) is 0 Å². The van der Waals surface area contributed by atoms with E-state index in [1.165, 1.54) is 4.90 Å². The maximum absolute atomic E-state index is 13.6. The Balaban J connectivity index is 3.28. The Morgan fingerprint density at radius 1 is 1.03 bits per heavy atom. The van der Waals surface area contributed by atoms with Gasteiger partial charge in [0.25, 0.3) is 0 Å². The predicted molar refractivity (Wildman–Crippen MR) is 131 cm³/mol. The third-order valence-corrected chi connectivity index (χ3v) is 4.90. The maximum atomic E-state index is 13.6. The molecule has 0 saturated heterocycles. The number of ether oxygens (including phenoxy) is 1. The number of primary amides is 1. The van der Waals surface area contributed by atoms with Gasteiger partial charge >= 0.3 is 6.09 Å². The van der Waals surface area contributed by atoms with Crippen LogP contribution in [-0.4, -0.2) is 53.4 Å². The number of nitrogens with two attached hydrogens (primary N) is 1. The summed E-state index contributed by atoms with van der Waals surface area (Å²) in [5, 5.41) is 5.39. The number of benzene rings is 1. The van der Waals surface area contributed by atoms with Gasteiger partial charge in [-0.3, -0.25) is 14.4 Å². The largest absolute Gasteiger partial charge is 0.444 e. The lowest BCUT2D eigenvalue weighted by atomic mass is 10.0. The van der Waals surface area contributed by atoms with Gasteiger partial charge in [-0.15, -0.1) is 0 Å². The molecule has 0 aliphatic carbocycles. The van der Waals surface area contributed by atoms with Crippen LogP contribution in [0.4, 0.5) is 4.79 Å². The van der Waals surface area contributed by atoms with E-state index in [9.17, 15) is 19.2 Å². The number of hydrogen-bond acceptors (Lipinski definition) is 5. The van der Waals surface area contributed by atoms with Gasteiger partial charge < -0.3 is 26.0 Å². The zero-order valence-corrected chi connectivity index (χ0v) is 21.1. The normalized spacial score (nSPS) is 12.9. The molecule has 0 saturated carbocycles. The highest BCUT2D eigenvalue weighted by molar-refractivity contribution is 5.94. The highest BCUT2D eigenvalue weighted by atomic mass is 16.6. The summed E-state index contributed by atoms with van der Waals surface area (Å²) in [5.41, 5.74) is 5.21. The average molecular weight is 477 g/mol. The standard InChI is InChI=1S/C25H40N4O5/c1-6-8-12-15-27-22(31)21(18-13-10-9-11-14-18)29(16-7-2)23(32)19(17-20(26)30)28-24(33)34-25(3,4)5/h9-11,13-14,19,21H,6-8,12,15-17H2,1-5H3,(H2,26,30)(H,27,31)(H,28,33). The summed E-state index contributed by atoms with van der Waals surface area (Å²) in [6.07, 6.45) is 2.13. The Bertz CT molecular complexity index is 807. The van der Waals surface area contributed by atoms with E-state index in [1.807, 2.05) is 13.0 Å². The summed E-state index contributed by atoms with van der Waals surface area (Å²) < 4.78 is 5.26. The molecular formula is C25H40N4O5. The van der Waals surface area contributed by atoms with Crippen molar-refractivity contribution in [1.82, 2.24) is 15.5 Å². The highest BCUT2D eigenvalue weighted by Crippen LogP contribution is 2.23. The van der Waals surface area contributed by atoms with Crippen molar-refractivity contribution in [2.45, 2.75) is 84.4 Å². The van der Waals surface area contributed by atoms with Gasteiger partial charge in [-0.1, -0.05) is 57.0 Å². The number of hydrogen-bond donors (Lipinski definition) is 3. The molecule has 0 spiro atoms. The van der Waals surface area contributed by atoms with Gasteiger partial charge in [0.2, 0.25) is 17.7 Å². The Labute approximate surface area is 202 Å². The van der Waals surface area contributed by atoms with Crippen molar-refractivity contribution < 1.29 is 23.9 Å². The summed E-state index contributed by atoms with van der Waals surface area (Å²) in [6, 6.07) is 6.77. The minimum atomic E-state index is -1.27. The first-order valence-corrected chi connectivity index (χ1v) is 11.9. The van der Waals surface area contributed by atoms with Crippen LogP contribution in [0.1, 0.15) is 78.3 Å². The van der Waals surface area contributed by atoms with E-state index in [1.54, 1.807) is 45.0 Å². The fourth-order valence-electron chi connectivity index (χ4n) is 3.45. The lowest BCUT2D eigenvalue weighted by Crippen LogP contribution is -2.54. The second-order valence-electron chi connectivity index (χ2n) is 9.21. The second-order valence-corrected chi connectivity index (χ2v) is 9.21. The minimum absolute atomic E-state index is 0.242. The van der Waals surface area contributed by atoms with E-state index in [0.717, 1.165) is 19.3 Å². The van der Waals surface area contributed by atoms with Gasteiger partial charge in [0.05, 0.1) is 6.42 Å². The molecule has 1 aromatic carbocycles. The second kappa shape index (κ2) is 14.2. The van der Waals surface area contributed by atoms with Crippen molar-refractivity contribution in [2.24, 2.45) is 5.73 Å². The molecule has 0 bridgehead atoms. The van der Waals surface area contributed by atoms with E-state index in [0.29, 0.717) is 18.5 Å². The van der Waals surface area contributed by atoms with Gasteiger partial charge in [-0.2, -0.15) is 0 Å². The number of carbonyl (C=O) groups excluding carboxylic acids is 4. The molecule has 9 heteroatoms. The molecule has 9 nitrogen and oxygen atoms in total. The molecule has 4 N–H and O–H groups in total. The zero-order valence-electron chi connectivity index (χ0n) is 21.1. The molecule has 2 unspecified atom stereocenters. The first-order valence-electron chi connectivity index (χ1n) is 11.9. The molecule has 4 amide bonds. The fourth-order valence-corrected chi connectivity index (χ4v) is 3.45. The zero-order chi connectivity index (χ0) is 25.7. The van der Waals surface area contributed by atoms with Gasteiger partial charge in [0.1, 0.15) is 17.7 Å². The van der Waals surface area contributed by atoms with Crippen molar-refractivity contribution in [3.8, 4) is 0 Å². The minimum Gasteiger partial charge on any atom is -0.444 e. The number of alkyl carbamates (subject to hydrolysis) is 1. The summed E-state index contributed by atoms with van der Waals surface area (Å²) in [4.78, 5) is 52.4. The molecule has 0 fully saturated rings. The number of rotatable bonds is 13. The summed E-state index contributed by atoms with van der Waals surface area (Å²) in [6.45, 7) is 9.76. The lowest BCUT2D eigenvalue weighted by molar-refractivity contribution is -0.143. The van der Waals surface area contributed by atoms with E-state index in [4.69, 9.17) is 10.5 Å². The van der Waals surface area contributed by atoms with E-state index in [2.05, 4.69) is 17.6 Å². The molecule has 190 valence electrons. The lowest BCUT2D eigenvalue weighted by Gasteiger charge is -2.34. The van der Waals surface area contributed by atoms with Crippen molar-refractivity contribution in [2.75, 3.05) is 13.1 Å². The summed E-state index contributed by atoms with van der Waals surface area (Å²) >= 11 is 0. The number of unbranched alkanes of at least 4 members (excludes halogenated alkanes) is 2. The number of nitrogens with one attached hydrogen (secondary N) is 2. The van der Waals surface area contributed by atoms with Gasteiger partial charge in [-0.25, -0.2) is 4.79 Å². The van der Waals surface area contributed by atoms with Crippen LogP contribution in [0.25, 0.3) is 0 Å². The average Bonchev–Trinajstić information content (AvgIpc) is 2.74. The van der Waals surface area contributed by atoms with Crippen LogP contribution in [0.5, 0.6) is 0 Å². The van der Waals surface area contributed by atoms with E-state index in [-0.39, 0.29) is 12.5 Å². The van der Waals surface area contributed by atoms with Gasteiger partial charge in [-0.05, 0) is 39.2 Å². The molecular weight excluding hydrogens is 436 g/mol. The Kier molecular flexibility index (Phi) is 12.1.